The molecule has 2 aromatic carbocycles. The number of thiazole rings is 1. The molecule has 0 unspecified atom stereocenters. The maximum atomic E-state index is 12.4. The maximum absolute atomic E-state index is 12.4. The van der Waals surface area contributed by atoms with Crippen LogP contribution in [0, 0.1) is 0 Å². The number of aryl methyl sites for hydroxylation is 1. The average Bonchev–Trinajstić information content (AvgIpc) is 3.50. The Balaban J connectivity index is 1.28. The van der Waals surface area contributed by atoms with E-state index in [2.05, 4.69) is 20.9 Å². The lowest BCUT2D eigenvalue weighted by Gasteiger charge is -2.06. The minimum atomic E-state index is -0.0755. The van der Waals surface area contributed by atoms with Gasteiger partial charge in [-0.1, -0.05) is 18.2 Å². The smallest absolute Gasteiger partial charge is 0.230 e. The molecule has 3 heterocycles. The molecule has 0 aliphatic carbocycles. The first-order chi connectivity index (χ1) is 14.7. The minimum absolute atomic E-state index is 0.0755. The number of thiophene rings is 1. The molecular weight excluding hydrogens is 412 g/mol. The van der Waals surface area contributed by atoms with E-state index in [1.165, 1.54) is 0 Å². The first-order valence-electron chi connectivity index (χ1n) is 9.47. The molecular formula is C23H18N4OS2. The van der Waals surface area contributed by atoms with Gasteiger partial charge in [-0.05, 0) is 47.8 Å². The summed E-state index contributed by atoms with van der Waals surface area (Å²) in [6, 6.07) is 19.9. The lowest BCUT2D eigenvalue weighted by atomic mass is 10.2. The number of nitrogens with zero attached hydrogens (tertiary/aromatic N) is 3. The quantitative estimate of drug-likeness (QED) is 0.394. The zero-order chi connectivity index (χ0) is 20.5. The third kappa shape index (κ3) is 3.65. The predicted molar refractivity (Wildman–Crippen MR) is 124 cm³/mol. The molecule has 30 heavy (non-hydrogen) atoms. The zero-order valence-electron chi connectivity index (χ0n) is 16.2. The maximum Gasteiger partial charge on any atom is 0.230 e. The SMILES string of the molecule is Cn1c(-c2ccc(NC(=O)Cc3csc(-c4cccs4)n3)cc2)nc2ccccc21. The Morgan fingerprint density at radius 3 is 2.60 bits per heavy atom. The number of benzene rings is 2. The molecule has 0 saturated carbocycles. The van der Waals surface area contributed by atoms with E-state index in [0.29, 0.717) is 0 Å². The Labute approximate surface area is 181 Å². The fourth-order valence-corrected chi connectivity index (χ4v) is 5.01. The van der Waals surface area contributed by atoms with Crippen molar-refractivity contribution >= 4 is 45.3 Å². The third-order valence-electron chi connectivity index (χ3n) is 4.84. The number of para-hydroxylation sites is 2. The second-order valence-corrected chi connectivity index (χ2v) is 8.71. The van der Waals surface area contributed by atoms with Crippen molar-refractivity contribution in [2.45, 2.75) is 6.42 Å². The number of hydrogen-bond donors (Lipinski definition) is 1. The average molecular weight is 431 g/mol. The van der Waals surface area contributed by atoms with Gasteiger partial charge in [-0.2, -0.15) is 0 Å². The zero-order valence-corrected chi connectivity index (χ0v) is 17.8. The molecule has 0 saturated heterocycles. The summed E-state index contributed by atoms with van der Waals surface area (Å²) in [6.07, 6.45) is 0.258. The summed E-state index contributed by atoms with van der Waals surface area (Å²) < 4.78 is 2.08. The summed E-state index contributed by atoms with van der Waals surface area (Å²) in [5.41, 5.74) is 4.62. The Morgan fingerprint density at radius 1 is 1.00 bits per heavy atom. The van der Waals surface area contributed by atoms with Crippen LogP contribution in [0.25, 0.3) is 32.3 Å². The second-order valence-electron chi connectivity index (χ2n) is 6.91. The Kier molecular flexibility index (Phi) is 4.90. The second kappa shape index (κ2) is 7.85. The van der Waals surface area contributed by atoms with Crippen molar-refractivity contribution in [3.63, 3.8) is 0 Å². The fraction of sp³-hybridized carbons (Fsp3) is 0.0870. The topological polar surface area (TPSA) is 59.8 Å². The summed E-state index contributed by atoms with van der Waals surface area (Å²) >= 11 is 3.22. The highest BCUT2D eigenvalue weighted by molar-refractivity contribution is 7.20. The highest BCUT2D eigenvalue weighted by atomic mass is 32.1. The van der Waals surface area contributed by atoms with Crippen LogP contribution in [0.1, 0.15) is 5.69 Å². The van der Waals surface area contributed by atoms with E-state index in [1.807, 2.05) is 72.4 Å². The number of carbonyl (C=O) groups excluding carboxylic acids is 1. The molecule has 5 nitrogen and oxygen atoms in total. The summed E-state index contributed by atoms with van der Waals surface area (Å²) in [5, 5.41) is 7.89. The van der Waals surface area contributed by atoms with Crippen molar-refractivity contribution in [3.8, 4) is 21.3 Å². The van der Waals surface area contributed by atoms with Crippen molar-refractivity contribution in [3.05, 3.63) is 77.1 Å². The van der Waals surface area contributed by atoms with Gasteiger partial charge in [-0.3, -0.25) is 4.79 Å². The van der Waals surface area contributed by atoms with Crippen LogP contribution in [0.15, 0.2) is 71.4 Å². The number of aromatic nitrogens is 3. The van der Waals surface area contributed by atoms with Crippen LogP contribution in [-0.4, -0.2) is 20.4 Å². The van der Waals surface area contributed by atoms with E-state index in [1.54, 1.807) is 22.7 Å². The van der Waals surface area contributed by atoms with Crippen LogP contribution in [-0.2, 0) is 18.3 Å². The Bertz CT molecular complexity index is 1320. The molecule has 1 amide bonds. The number of nitrogens with one attached hydrogen (secondary N) is 1. The highest BCUT2D eigenvalue weighted by Crippen LogP contribution is 2.28. The van der Waals surface area contributed by atoms with Crippen LogP contribution in [0.3, 0.4) is 0 Å². The van der Waals surface area contributed by atoms with Crippen molar-refractivity contribution < 1.29 is 4.79 Å². The molecule has 0 atom stereocenters. The van der Waals surface area contributed by atoms with E-state index in [4.69, 9.17) is 4.98 Å². The summed E-state index contributed by atoms with van der Waals surface area (Å²) in [7, 11) is 2.01. The molecule has 3 aromatic heterocycles. The van der Waals surface area contributed by atoms with Gasteiger partial charge in [0.25, 0.3) is 0 Å². The van der Waals surface area contributed by atoms with Gasteiger partial charge >= 0.3 is 0 Å². The number of anilines is 1. The van der Waals surface area contributed by atoms with E-state index < -0.39 is 0 Å². The first-order valence-corrected chi connectivity index (χ1v) is 11.2. The molecule has 0 aliphatic rings. The number of hydrogen-bond acceptors (Lipinski definition) is 5. The molecule has 0 bridgehead atoms. The summed E-state index contributed by atoms with van der Waals surface area (Å²) in [4.78, 5) is 22.9. The number of amides is 1. The monoisotopic (exact) mass is 430 g/mol. The van der Waals surface area contributed by atoms with E-state index in [9.17, 15) is 4.79 Å². The standard InChI is InChI=1S/C23H18N4OS2/c1-27-19-6-3-2-5-18(19)26-22(27)15-8-10-16(11-9-15)24-21(28)13-17-14-30-23(25-17)20-7-4-12-29-20/h2-12,14H,13H2,1H3,(H,24,28). The predicted octanol–water partition coefficient (Wildman–Crippen LogP) is 5.61. The van der Waals surface area contributed by atoms with Crippen LogP contribution in [0.4, 0.5) is 5.69 Å². The van der Waals surface area contributed by atoms with E-state index in [0.717, 1.165) is 43.7 Å². The summed E-state index contributed by atoms with van der Waals surface area (Å²) in [6.45, 7) is 0. The lowest BCUT2D eigenvalue weighted by Crippen LogP contribution is -2.14. The van der Waals surface area contributed by atoms with Gasteiger partial charge in [0.15, 0.2) is 0 Å². The van der Waals surface area contributed by atoms with Crippen molar-refractivity contribution in [2.75, 3.05) is 5.32 Å². The minimum Gasteiger partial charge on any atom is -0.327 e. The number of fused-ring (bicyclic) bond motifs is 1. The van der Waals surface area contributed by atoms with Gasteiger partial charge in [0.2, 0.25) is 5.91 Å². The molecule has 5 aromatic rings. The molecule has 0 fully saturated rings. The Morgan fingerprint density at radius 2 is 1.83 bits per heavy atom. The number of carbonyl (C=O) groups is 1. The fourth-order valence-electron chi connectivity index (χ4n) is 3.38. The summed E-state index contributed by atoms with van der Waals surface area (Å²) in [5.74, 6) is 0.825. The van der Waals surface area contributed by atoms with E-state index in [-0.39, 0.29) is 12.3 Å². The van der Waals surface area contributed by atoms with Crippen LogP contribution < -0.4 is 5.32 Å². The van der Waals surface area contributed by atoms with E-state index >= 15 is 0 Å². The van der Waals surface area contributed by atoms with Gasteiger partial charge < -0.3 is 9.88 Å². The molecule has 7 heteroatoms. The molecule has 148 valence electrons. The van der Waals surface area contributed by atoms with Crippen LogP contribution in [0.5, 0.6) is 0 Å². The van der Waals surface area contributed by atoms with Crippen LogP contribution in [0.2, 0.25) is 0 Å². The lowest BCUT2D eigenvalue weighted by molar-refractivity contribution is -0.115. The Hall–Kier alpha value is -3.29. The van der Waals surface area contributed by atoms with Gasteiger partial charge in [-0.25, -0.2) is 9.97 Å². The van der Waals surface area contributed by atoms with Gasteiger partial charge in [0, 0.05) is 23.7 Å². The molecule has 5 rings (SSSR count). The number of rotatable bonds is 5. The van der Waals surface area contributed by atoms with Crippen molar-refractivity contribution in [1.82, 2.24) is 14.5 Å². The van der Waals surface area contributed by atoms with Crippen LogP contribution >= 0.6 is 22.7 Å². The largest absolute Gasteiger partial charge is 0.327 e. The first kappa shape index (κ1) is 18.7. The third-order valence-corrected chi connectivity index (χ3v) is 6.77. The molecule has 1 N–H and O–H groups in total. The van der Waals surface area contributed by atoms with Crippen molar-refractivity contribution in [2.24, 2.45) is 7.05 Å². The molecule has 0 radical (unpaired) electrons. The highest BCUT2D eigenvalue weighted by Gasteiger charge is 2.12. The number of imidazole rings is 1. The van der Waals surface area contributed by atoms with Crippen molar-refractivity contribution in [1.29, 1.82) is 0 Å². The normalized spacial score (nSPS) is 11.1. The molecule has 0 aliphatic heterocycles. The molecule has 0 spiro atoms. The van der Waals surface area contributed by atoms with Gasteiger partial charge in [-0.15, -0.1) is 22.7 Å². The van der Waals surface area contributed by atoms with Gasteiger partial charge in [0.1, 0.15) is 10.8 Å². The van der Waals surface area contributed by atoms with Gasteiger partial charge in [0.05, 0.1) is 28.0 Å².